The first kappa shape index (κ1) is 15.6. The van der Waals surface area contributed by atoms with E-state index in [9.17, 15) is 4.79 Å². The average molecular weight is 368 g/mol. The fraction of sp³-hybridized carbons (Fsp3) is 0.200. The fourth-order valence-corrected chi connectivity index (χ4v) is 1.72. The Morgan fingerprint density at radius 1 is 1.11 bits per heavy atom. The molecule has 3 nitrogen and oxygen atoms in total. The van der Waals surface area contributed by atoms with Crippen molar-refractivity contribution in [2.24, 2.45) is 7.05 Å². The maximum Gasteiger partial charge on any atom is 0.256 e. The monoisotopic (exact) mass is 368 g/mol. The molecule has 2 rings (SSSR count). The zero-order chi connectivity index (χ0) is 13.1. The molecule has 0 saturated heterocycles. The van der Waals surface area contributed by atoms with Crippen molar-refractivity contribution in [3.63, 3.8) is 0 Å². The third-order valence-electron chi connectivity index (χ3n) is 2.88. The molecular formula is C15H17IN2O. The Morgan fingerprint density at radius 3 is 2.37 bits per heavy atom. The lowest BCUT2D eigenvalue weighted by Crippen LogP contribution is -3.00. The van der Waals surface area contributed by atoms with E-state index in [0.717, 1.165) is 16.8 Å². The van der Waals surface area contributed by atoms with Crippen molar-refractivity contribution >= 4 is 11.6 Å². The molecule has 1 amide bonds. The van der Waals surface area contributed by atoms with Crippen LogP contribution < -0.4 is 33.9 Å². The number of halogens is 1. The van der Waals surface area contributed by atoms with E-state index in [2.05, 4.69) is 5.32 Å². The van der Waals surface area contributed by atoms with E-state index in [4.69, 9.17) is 0 Å². The van der Waals surface area contributed by atoms with Gasteiger partial charge in [-0.15, -0.1) is 0 Å². The number of hydrogen-bond acceptors (Lipinski definition) is 1. The van der Waals surface area contributed by atoms with Gasteiger partial charge in [0.05, 0.1) is 5.56 Å². The smallest absolute Gasteiger partial charge is 0.256 e. The van der Waals surface area contributed by atoms with Gasteiger partial charge in [-0.25, -0.2) is 4.57 Å². The van der Waals surface area contributed by atoms with Crippen LogP contribution in [-0.2, 0) is 7.05 Å². The molecule has 0 aliphatic carbocycles. The molecule has 0 saturated carbocycles. The number of hydrogen-bond donors (Lipinski definition) is 1. The molecule has 0 spiro atoms. The number of rotatable bonds is 2. The second kappa shape index (κ2) is 6.65. The van der Waals surface area contributed by atoms with Crippen molar-refractivity contribution in [1.82, 2.24) is 0 Å². The molecule has 0 atom stereocenters. The molecule has 0 aliphatic heterocycles. The first-order valence-corrected chi connectivity index (χ1v) is 5.90. The minimum atomic E-state index is -0.0794. The Bertz CT molecular complexity index is 579. The second-order valence-electron chi connectivity index (χ2n) is 4.52. The molecule has 2 aromatic rings. The van der Waals surface area contributed by atoms with E-state index in [-0.39, 0.29) is 29.9 Å². The third kappa shape index (κ3) is 4.02. The van der Waals surface area contributed by atoms with Crippen LogP contribution in [0.3, 0.4) is 0 Å². The van der Waals surface area contributed by atoms with Gasteiger partial charge in [-0.05, 0) is 31.0 Å². The topological polar surface area (TPSA) is 33.0 Å². The highest BCUT2D eigenvalue weighted by atomic mass is 127. The van der Waals surface area contributed by atoms with Gasteiger partial charge in [0.25, 0.3) is 5.91 Å². The Kier molecular flexibility index (Phi) is 5.47. The maximum atomic E-state index is 12.1. The molecule has 1 N–H and O–H groups in total. The van der Waals surface area contributed by atoms with Crippen molar-refractivity contribution in [1.29, 1.82) is 0 Å². The predicted molar refractivity (Wildman–Crippen MR) is 71.5 cm³/mol. The van der Waals surface area contributed by atoms with Crippen molar-refractivity contribution in [2.45, 2.75) is 13.8 Å². The molecule has 1 heterocycles. The van der Waals surface area contributed by atoms with Gasteiger partial charge < -0.3 is 29.3 Å². The van der Waals surface area contributed by atoms with E-state index < -0.39 is 0 Å². The van der Waals surface area contributed by atoms with Crippen LogP contribution in [-0.4, -0.2) is 5.91 Å². The first-order chi connectivity index (χ1) is 8.56. The number of aryl methyl sites for hydroxylation is 3. The predicted octanol–water partition coefficient (Wildman–Crippen LogP) is -0.616. The van der Waals surface area contributed by atoms with Gasteiger partial charge in [0.1, 0.15) is 7.05 Å². The first-order valence-electron chi connectivity index (χ1n) is 5.90. The lowest BCUT2D eigenvalue weighted by atomic mass is 10.1. The number of anilines is 1. The minimum Gasteiger partial charge on any atom is -1.00 e. The number of aromatic nitrogens is 1. The number of carbonyl (C=O) groups is 1. The highest BCUT2D eigenvalue weighted by Gasteiger charge is 2.08. The van der Waals surface area contributed by atoms with Gasteiger partial charge in [0, 0.05) is 17.8 Å². The summed E-state index contributed by atoms with van der Waals surface area (Å²) in [6.07, 6.45) is 3.72. The van der Waals surface area contributed by atoms with E-state index in [1.54, 1.807) is 12.1 Å². The standard InChI is InChI=1S/C15H16N2O.HI/c1-11-4-5-12(2)14(10-11)16-15(18)13-6-8-17(3)9-7-13;/h4-10H,1-3H3;1H. The summed E-state index contributed by atoms with van der Waals surface area (Å²) in [5, 5.41) is 2.94. The van der Waals surface area contributed by atoms with Crippen molar-refractivity contribution in [3.05, 3.63) is 59.4 Å². The zero-order valence-corrected chi connectivity index (χ0v) is 13.4. The average Bonchev–Trinajstić information content (AvgIpc) is 2.34. The van der Waals surface area contributed by atoms with Crippen LogP contribution in [0.15, 0.2) is 42.7 Å². The molecule has 19 heavy (non-hydrogen) atoms. The van der Waals surface area contributed by atoms with Crippen LogP contribution in [0.2, 0.25) is 0 Å². The Balaban J connectivity index is 0.00000180. The fourth-order valence-electron chi connectivity index (χ4n) is 1.72. The summed E-state index contributed by atoms with van der Waals surface area (Å²) in [7, 11) is 1.92. The quantitative estimate of drug-likeness (QED) is 0.557. The molecular weight excluding hydrogens is 351 g/mol. The van der Waals surface area contributed by atoms with Crippen molar-refractivity contribution < 1.29 is 33.3 Å². The number of nitrogens with one attached hydrogen (secondary N) is 1. The summed E-state index contributed by atoms with van der Waals surface area (Å²) < 4.78 is 1.90. The van der Waals surface area contributed by atoms with Gasteiger partial charge in [-0.1, -0.05) is 12.1 Å². The molecule has 0 aliphatic rings. The van der Waals surface area contributed by atoms with Crippen LogP contribution in [0.5, 0.6) is 0 Å². The van der Waals surface area contributed by atoms with E-state index in [1.165, 1.54) is 0 Å². The zero-order valence-electron chi connectivity index (χ0n) is 11.3. The molecule has 0 fully saturated rings. The number of benzene rings is 1. The lowest BCUT2D eigenvalue weighted by molar-refractivity contribution is -0.671. The molecule has 0 bridgehead atoms. The van der Waals surface area contributed by atoms with Gasteiger partial charge in [-0.2, -0.15) is 0 Å². The number of nitrogens with zero attached hydrogens (tertiary/aromatic N) is 1. The summed E-state index contributed by atoms with van der Waals surface area (Å²) in [4.78, 5) is 12.1. The van der Waals surface area contributed by atoms with Crippen molar-refractivity contribution in [3.8, 4) is 0 Å². The summed E-state index contributed by atoms with van der Waals surface area (Å²) in [6, 6.07) is 9.64. The minimum absolute atomic E-state index is 0. The van der Waals surface area contributed by atoms with Crippen molar-refractivity contribution in [2.75, 3.05) is 5.32 Å². The van der Waals surface area contributed by atoms with Gasteiger partial charge in [0.2, 0.25) is 0 Å². The number of pyridine rings is 1. The Morgan fingerprint density at radius 2 is 1.74 bits per heavy atom. The molecule has 0 unspecified atom stereocenters. The van der Waals surface area contributed by atoms with Crippen LogP contribution in [0, 0.1) is 13.8 Å². The second-order valence-corrected chi connectivity index (χ2v) is 4.52. The summed E-state index contributed by atoms with van der Waals surface area (Å²) >= 11 is 0. The molecule has 1 aromatic carbocycles. The van der Waals surface area contributed by atoms with Crippen LogP contribution in [0.4, 0.5) is 5.69 Å². The lowest BCUT2D eigenvalue weighted by Gasteiger charge is -2.08. The molecule has 100 valence electrons. The number of amides is 1. The third-order valence-corrected chi connectivity index (χ3v) is 2.88. The highest BCUT2D eigenvalue weighted by molar-refractivity contribution is 6.04. The Labute approximate surface area is 130 Å². The van der Waals surface area contributed by atoms with Crippen LogP contribution >= 0.6 is 0 Å². The van der Waals surface area contributed by atoms with Crippen LogP contribution in [0.1, 0.15) is 21.5 Å². The molecule has 0 radical (unpaired) electrons. The SMILES string of the molecule is Cc1ccc(C)c(NC(=O)c2cc[n+](C)cc2)c1.[I-]. The van der Waals surface area contributed by atoms with Gasteiger partial charge >= 0.3 is 0 Å². The van der Waals surface area contributed by atoms with E-state index >= 15 is 0 Å². The molecule has 4 heteroatoms. The normalized spacial score (nSPS) is 9.63. The Hall–Kier alpha value is -1.43. The summed E-state index contributed by atoms with van der Waals surface area (Å²) in [6.45, 7) is 4.00. The van der Waals surface area contributed by atoms with E-state index in [0.29, 0.717) is 5.56 Å². The largest absolute Gasteiger partial charge is 1.00 e. The van der Waals surface area contributed by atoms with Crippen LogP contribution in [0.25, 0.3) is 0 Å². The summed E-state index contributed by atoms with van der Waals surface area (Å²) in [5.41, 5.74) is 3.73. The molecule has 1 aromatic heterocycles. The van der Waals surface area contributed by atoms with E-state index in [1.807, 2.05) is 56.1 Å². The summed E-state index contributed by atoms with van der Waals surface area (Å²) in [5.74, 6) is -0.0794. The van der Waals surface area contributed by atoms with Gasteiger partial charge in [0.15, 0.2) is 12.4 Å². The highest BCUT2D eigenvalue weighted by Crippen LogP contribution is 2.17. The number of carbonyl (C=O) groups excluding carboxylic acids is 1. The van der Waals surface area contributed by atoms with Gasteiger partial charge in [-0.3, -0.25) is 4.79 Å². The maximum absolute atomic E-state index is 12.1.